The lowest BCUT2D eigenvalue weighted by Crippen LogP contribution is -2.29. The van der Waals surface area contributed by atoms with Crippen molar-refractivity contribution in [2.45, 2.75) is 6.42 Å². The van der Waals surface area contributed by atoms with Gasteiger partial charge < -0.3 is 20.3 Å². The van der Waals surface area contributed by atoms with E-state index >= 15 is 0 Å². The summed E-state index contributed by atoms with van der Waals surface area (Å²) in [5.74, 6) is 0.554. The van der Waals surface area contributed by atoms with E-state index in [0.717, 1.165) is 32.6 Å². The molecule has 1 aromatic heterocycles. The third-order valence-corrected chi connectivity index (χ3v) is 2.70. The van der Waals surface area contributed by atoms with E-state index in [4.69, 9.17) is 0 Å². The van der Waals surface area contributed by atoms with Crippen LogP contribution in [0.15, 0.2) is 6.33 Å². The van der Waals surface area contributed by atoms with Gasteiger partial charge in [0, 0.05) is 26.7 Å². The van der Waals surface area contributed by atoms with Crippen molar-refractivity contribution >= 4 is 11.6 Å². The molecule has 0 amide bonds. The van der Waals surface area contributed by atoms with Crippen LogP contribution in [0, 0.1) is 10.1 Å². The summed E-state index contributed by atoms with van der Waals surface area (Å²) in [6.07, 6.45) is 2.48. The van der Waals surface area contributed by atoms with Crippen molar-refractivity contribution < 1.29 is 4.92 Å². The molecule has 2 rings (SSSR count). The number of aryl methyl sites for hydroxylation is 1. The highest BCUT2D eigenvalue weighted by molar-refractivity contribution is 5.54. The van der Waals surface area contributed by atoms with Gasteiger partial charge in [-0.3, -0.25) is 4.57 Å². The molecule has 88 valence electrons. The molecule has 1 N–H and O–H groups in total. The van der Waals surface area contributed by atoms with Gasteiger partial charge in [0.1, 0.15) is 0 Å². The molecule has 0 saturated carbocycles. The molecule has 7 nitrogen and oxygen atoms in total. The largest absolute Gasteiger partial charge is 0.406 e. The Hall–Kier alpha value is -1.63. The standard InChI is InChI=1S/C9H15N5O2/c1-12-7-11-8(14(15)16)9(12)13-5-2-3-10-4-6-13/h7,10H,2-6H2,1H3. The van der Waals surface area contributed by atoms with E-state index in [9.17, 15) is 10.1 Å². The second-order valence-corrected chi connectivity index (χ2v) is 3.85. The number of nitrogens with one attached hydrogen (secondary N) is 1. The van der Waals surface area contributed by atoms with Crippen LogP contribution in [-0.2, 0) is 7.05 Å². The minimum Gasteiger partial charge on any atom is -0.358 e. The normalized spacial score (nSPS) is 17.2. The predicted octanol–water partition coefficient (Wildman–Crippen LogP) is 0.128. The first-order valence-corrected chi connectivity index (χ1v) is 5.31. The molecule has 0 radical (unpaired) electrons. The second kappa shape index (κ2) is 4.48. The highest BCUT2D eigenvalue weighted by Gasteiger charge is 2.25. The zero-order chi connectivity index (χ0) is 11.5. The molecule has 0 spiro atoms. The van der Waals surface area contributed by atoms with E-state index in [1.165, 1.54) is 6.33 Å². The highest BCUT2D eigenvalue weighted by atomic mass is 16.6. The molecule has 1 aromatic rings. The van der Waals surface area contributed by atoms with Gasteiger partial charge in [0.2, 0.25) is 12.1 Å². The van der Waals surface area contributed by atoms with Gasteiger partial charge in [0.25, 0.3) is 0 Å². The maximum Gasteiger partial charge on any atom is 0.406 e. The number of rotatable bonds is 2. The first kappa shape index (κ1) is 10.9. The van der Waals surface area contributed by atoms with Crippen LogP contribution in [0.4, 0.5) is 11.6 Å². The number of hydrogen-bond acceptors (Lipinski definition) is 5. The van der Waals surface area contributed by atoms with Crippen LogP contribution in [0.1, 0.15) is 6.42 Å². The molecule has 0 aromatic carbocycles. The summed E-state index contributed by atoms with van der Waals surface area (Å²) < 4.78 is 1.71. The molecule has 0 bridgehead atoms. The van der Waals surface area contributed by atoms with Crippen LogP contribution in [0.3, 0.4) is 0 Å². The Bertz CT molecular complexity index is 381. The molecule has 7 heteroatoms. The molecule has 0 atom stereocenters. The first-order valence-electron chi connectivity index (χ1n) is 5.31. The van der Waals surface area contributed by atoms with Crippen molar-refractivity contribution in [2.75, 3.05) is 31.1 Å². The molecular formula is C9H15N5O2. The van der Waals surface area contributed by atoms with Crippen LogP contribution in [-0.4, -0.2) is 40.7 Å². The maximum absolute atomic E-state index is 10.9. The number of imidazole rings is 1. The fourth-order valence-corrected chi connectivity index (χ4v) is 1.96. The second-order valence-electron chi connectivity index (χ2n) is 3.85. The van der Waals surface area contributed by atoms with Crippen LogP contribution in [0.5, 0.6) is 0 Å². The number of aromatic nitrogens is 2. The van der Waals surface area contributed by atoms with Crippen LogP contribution >= 0.6 is 0 Å². The summed E-state index contributed by atoms with van der Waals surface area (Å²) in [5, 5.41) is 14.1. The monoisotopic (exact) mass is 225 g/mol. The average Bonchev–Trinajstić information content (AvgIpc) is 2.50. The minimum atomic E-state index is -0.423. The molecule has 1 fully saturated rings. The third kappa shape index (κ3) is 1.99. The summed E-state index contributed by atoms with van der Waals surface area (Å²) in [4.78, 5) is 16.3. The number of hydrogen-bond donors (Lipinski definition) is 1. The van der Waals surface area contributed by atoms with Crippen molar-refractivity contribution in [3.63, 3.8) is 0 Å². The topological polar surface area (TPSA) is 76.2 Å². The van der Waals surface area contributed by atoms with E-state index in [0.29, 0.717) is 5.82 Å². The summed E-state index contributed by atoms with van der Waals surface area (Å²) in [5.41, 5.74) is 0. The van der Waals surface area contributed by atoms with E-state index in [1.54, 1.807) is 11.6 Å². The van der Waals surface area contributed by atoms with E-state index in [-0.39, 0.29) is 5.82 Å². The van der Waals surface area contributed by atoms with Gasteiger partial charge >= 0.3 is 5.82 Å². The zero-order valence-electron chi connectivity index (χ0n) is 9.22. The van der Waals surface area contributed by atoms with Crippen molar-refractivity contribution in [3.8, 4) is 0 Å². The predicted molar refractivity (Wildman–Crippen MR) is 59.6 cm³/mol. The maximum atomic E-state index is 10.9. The molecule has 0 aliphatic carbocycles. The van der Waals surface area contributed by atoms with Crippen LogP contribution < -0.4 is 10.2 Å². The van der Waals surface area contributed by atoms with Gasteiger partial charge in [-0.15, -0.1) is 0 Å². The Morgan fingerprint density at radius 3 is 3.06 bits per heavy atom. The van der Waals surface area contributed by atoms with Gasteiger partial charge in [-0.25, -0.2) is 0 Å². The minimum absolute atomic E-state index is 0.0515. The molecule has 16 heavy (non-hydrogen) atoms. The Morgan fingerprint density at radius 1 is 1.50 bits per heavy atom. The lowest BCUT2D eigenvalue weighted by Gasteiger charge is -2.20. The van der Waals surface area contributed by atoms with E-state index in [1.807, 2.05) is 4.90 Å². The van der Waals surface area contributed by atoms with Gasteiger partial charge in [-0.2, -0.15) is 0 Å². The summed E-state index contributed by atoms with van der Waals surface area (Å²) >= 11 is 0. The Balaban J connectivity index is 2.29. The lowest BCUT2D eigenvalue weighted by molar-refractivity contribution is -0.388. The Morgan fingerprint density at radius 2 is 2.31 bits per heavy atom. The number of nitrogens with zero attached hydrogens (tertiary/aromatic N) is 4. The molecule has 0 unspecified atom stereocenters. The summed E-state index contributed by atoms with van der Waals surface area (Å²) in [6, 6.07) is 0. The van der Waals surface area contributed by atoms with E-state index < -0.39 is 4.92 Å². The van der Waals surface area contributed by atoms with Gasteiger partial charge in [0.05, 0.1) is 0 Å². The Labute approximate surface area is 93.2 Å². The van der Waals surface area contributed by atoms with Gasteiger partial charge in [-0.1, -0.05) is 0 Å². The van der Waals surface area contributed by atoms with Crippen LogP contribution in [0.2, 0.25) is 0 Å². The lowest BCUT2D eigenvalue weighted by atomic mass is 10.4. The number of anilines is 1. The Kier molecular flexibility index (Phi) is 3.04. The van der Waals surface area contributed by atoms with Crippen molar-refractivity contribution in [2.24, 2.45) is 7.05 Å². The first-order chi connectivity index (χ1) is 7.70. The average molecular weight is 225 g/mol. The third-order valence-electron chi connectivity index (χ3n) is 2.70. The fourth-order valence-electron chi connectivity index (χ4n) is 1.96. The van der Waals surface area contributed by atoms with Gasteiger partial charge in [-0.05, 0) is 22.9 Å². The smallest absolute Gasteiger partial charge is 0.358 e. The quantitative estimate of drug-likeness (QED) is 0.572. The van der Waals surface area contributed by atoms with E-state index in [2.05, 4.69) is 10.3 Å². The highest BCUT2D eigenvalue weighted by Crippen LogP contribution is 2.25. The van der Waals surface area contributed by atoms with Crippen LogP contribution in [0.25, 0.3) is 0 Å². The van der Waals surface area contributed by atoms with Gasteiger partial charge in [0.15, 0.2) is 0 Å². The molecule has 1 aliphatic rings. The zero-order valence-corrected chi connectivity index (χ0v) is 9.22. The molecule has 2 heterocycles. The number of nitro groups is 1. The summed E-state index contributed by atoms with van der Waals surface area (Å²) in [7, 11) is 1.79. The summed E-state index contributed by atoms with van der Waals surface area (Å²) in [6.45, 7) is 3.41. The van der Waals surface area contributed by atoms with Crippen molar-refractivity contribution in [1.82, 2.24) is 14.9 Å². The van der Waals surface area contributed by atoms with Crippen molar-refractivity contribution in [3.05, 3.63) is 16.4 Å². The SMILES string of the molecule is Cn1cnc([N+](=O)[O-])c1N1CCCNCC1. The molecule has 1 aliphatic heterocycles. The van der Waals surface area contributed by atoms with Crippen molar-refractivity contribution in [1.29, 1.82) is 0 Å². The fraction of sp³-hybridized carbons (Fsp3) is 0.667. The molecule has 1 saturated heterocycles. The molecular weight excluding hydrogens is 210 g/mol.